The molecule has 0 radical (unpaired) electrons. The molecule has 0 bridgehead atoms. The first-order valence-corrected chi connectivity index (χ1v) is 9.47. The average molecular weight is 365 g/mol. The first-order valence-electron chi connectivity index (χ1n) is 9.47. The lowest BCUT2D eigenvalue weighted by Gasteiger charge is -2.33. The topological polar surface area (TPSA) is 75.6 Å². The highest BCUT2D eigenvalue weighted by molar-refractivity contribution is 5.86. The lowest BCUT2D eigenvalue weighted by molar-refractivity contribution is -0.152. The van der Waals surface area contributed by atoms with Gasteiger partial charge in [0.2, 0.25) is 5.91 Å². The Hall–Kier alpha value is -2.82. The lowest BCUT2D eigenvalue weighted by Crippen LogP contribution is -2.45. The summed E-state index contributed by atoms with van der Waals surface area (Å²) >= 11 is 0. The molecule has 5 nitrogen and oxygen atoms in total. The maximum atomic E-state index is 12.8. The van der Waals surface area contributed by atoms with Crippen LogP contribution in [0.25, 0.3) is 0 Å². The van der Waals surface area contributed by atoms with Crippen molar-refractivity contribution in [1.82, 2.24) is 5.32 Å². The number of fused-ring (bicyclic) bond motifs is 1. The Kier molecular flexibility index (Phi) is 4.84. The van der Waals surface area contributed by atoms with E-state index in [1.165, 1.54) is 0 Å². The number of carbonyl (C=O) groups is 2. The minimum Gasteiger partial charge on any atom is -0.493 e. The Morgan fingerprint density at radius 1 is 1.04 bits per heavy atom. The highest BCUT2D eigenvalue weighted by Crippen LogP contribution is 2.36. The van der Waals surface area contributed by atoms with E-state index in [-0.39, 0.29) is 11.9 Å². The normalized spacial score (nSPS) is 21.9. The Balaban J connectivity index is 1.62. The lowest BCUT2D eigenvalue weighted by atomic mass is 9.73. The second-order valence-corrected chi connectivity index (χ2v) is 7.30. The van der Waals surface area contributed by atoms with Crippen molar-refractivity contribution in [3.05, 3.63) is 65.2 Å². The van der Waals surface area contributed by atoms with Gasteiger partial charge in [0.1, 0.15) is 5.75 Å². The van der Waals surface area contributed by atoms with E-state index >= 15 is 0 Å². The molecule has 3 unspecified atom stereocenters. The van der Waals surface area contributed by atoms with Crippen LogP contribution in [0.3, 0.4) is 0 Å². The Bertz CT molecular complexity index is 849. The fourth-order valence-corrected chi connectivity index (χ4v) is 3.92. The smallest absolute Gasteiger partial charge is 0.307 e. The zero-order valence-electron chi connectivity index (χ0n) is 15.1. The standard InChI is InChI=1S/C22H23NO4/c24-21(17-9-10-18(17)22(25)26)23-20(14-5-2-1-3-6-14)16-8-11-19-15(13-16)7-4-12-27-19/h1-3,5-6,8,11,13,17-18,20H,4,7,9-10,12H2,(H,23,24)(H,25,26). The number of rotatable bonds is 5. The van der Waals surface area contributed by atoms with E-state index in [4.69, 9.17) is 4.74 Å². The van der Waals surface area contributed by atoms with Crippen molar-refractivity contribution < 1.29 is 19.4 Å². The molecule has 1 aliphatic heterocycles. The van der Waals surface area contributed by atoms with Crippen LogP contribution in [0.4, 0.5) is 0 Å². The van der Waals surface area contributed by atoms with E-state index in [2.05, 4.69) is 11.4 Å². The van der Waals surface area contributed by atoms with Gasteiger partial charge in [-0.1, -0.05) is 36.4 Å². The molecule has 1 fully saturated rings. The van der Waals surface area contributed by atoms with Crippen molar-refractivity contribution in [1.29, 1.82) is 0 Å². The SMILES string of the molecule is O=C(O)C1CCC1C(=O)NC(c1ccccc1)c1ccc2c(c1)CCCO2. The zero-order valence-corrected chi connectivity index (χ0v) is 15.1. The van der Waals surface area contributed by atoms with E-state index in [9.17, 15) is 14.7 Å². The van der Waals surface area contributed by atoms with Crippen molar-refractivity contribution in [3.8, 4) is 5.75 Å². The van der Waals surface area contributed by atoms with Crippen LogP contribution in [-0.4, -0.2) is 23.6 Å². The number of nitrogens with one attached hydrogen (secondary N) is 1. The summed E-state index contributed by atoms with van der Waals surface area (Å²) in [5, 5.41) is 12.4. The first-order chi connectivity index (χ1) is 13.1. The van der Waals surface area contributed by atoms with Gasteiger partial charge in [-0.2, -0.15) is 0 Å². The van der Waals surface area contributed by atoms with Crippen LogP contribution >= 0.6 is 0 Å². The molecule has 1 amide bonds. The Morgan fingerprint density at radius 2 is 1.81 bits per heavy atom. The molecule has 0 aromatic heterocycles. The number of hydrogen-bond donors (Lipinski definition) is 2. The van der Waals surface area contributed by atoms with E-state index in [0.29, 0.717) is 12.8 Å². The van der Waals surface area contributed by atoms with Gasteiger partial charge in [-0.15, -0.1) is 0 Å². The number of carboxylic acids is 1. The molecule has 5 heteroatoms. The summed E-state index contributed by atoms with van der Waals surface area (Å²) in [5.74, 6) is -1.18. The highest BCUT2D eigenvalue weighted by atomic mass is 16.5. The fourth-order valence-electron chi connectivity index (χ4n) is 3.92. The van der Waals surface area contributed by atoms with Gasteiger partial charge < -0.3 is 15.2 Å². The maximum Gasteiger partial charge on any atom is 0.307 e. The van der Waals surface area contributed by atoms with Crippen LogP contribution in [0.5, 0.6) is 5.75 Å². The quantitative estimate of drug-likeness (QED) is 0.852. The largest absolute Gasteiger partial charge is 0.493 e. The molecule has 2 aliphatic rings. The molecule has 2 aromatic rings. The van der Waals surface area contributed by atoms with E-state index in [0.717, 1.165) is 41.9 Å². The fraction of sp³-hybridized carbons (Fsp3) is 0.364. The molecular weight excluding hydrogens is 342 g/mol. The number of benzene rings is 2. The molecule has 27 heavy (non-hydrogen) atoms. The first kappa shape index (κ1) is 17.6. The summed E-state index contributed by atoms with van der Waals surface area (Å²) in [5.41, 5.74) is 3.12. The third kappa shape index (κ3) is 3.54. The van der Waals surface area contributed by atoms with Gasteiger partial charge in [0.05, 0.1) is 24.5 Å². The predicted molar refractivity (Wildman–Crippen MR) is 101 cm³/mol. The summed E-state index contributed by atoms with van der Waals surface area (Å²) in [7, 11) is 0. The summed E-state index contributed by atoms with van der Waals surface area (Å²) < 4.78 is 5.70. The van der Waals surface area contributed by atoms with Crippen LogP contribution < -0.4 is 10.1 Å². The van der Waals surface area contributed by atoms with Gasteiger partial charge in [0.15, 0.2) is 0 Å². The van der Waals surface area contributed by atoms with Crippen LogP contribution in [0.1, 0.15) is 42.0 Å². The van der Waals surface area contributed by atoms with Gasteiger partial charge in [-0.3, -0.25) is 9.59 Å². The van der Waals surface area contributed by atoms with E-state index < -0.39 is 17.8 Å². The molecule has 1 heterocycles. The number of hydrogen-bond acceptors (Lipinski definition) is 3. The maximum absolute atomic E-state index is 12.8. The molecule has 2 aromatic carbocycles. The molecule has 2 N–H and O–H groups in total. The zero-order chi connectivity index (χ0) is 18.8. The number of aryl methyl sites for hydroxylation is 1. The van der Waals surface area contributed by atoms with Crippen LogP contribution in [-0.2, 0) is 16.0 Å². The number of ether oxygens (including phenoxy) is 1. The van der Waals surface area contributed by atoms with Crippen molar-refractivity contribution in [2.75, 3.05) is 6.61 Å². The Labute approximate surface area is 158 Å². The number of amides is 1. The summed E-state index contributed by atoms with van der Waals surface area (Å²) in [6, 6.07) is 15.5. The highest BCUT2D eigenvalue weighted by Gasteiger charge is 2.42. The summed E-state index contributed by atoms with van der Waals surface area (Å²) in [4.78, 5) is 24.1. The van der Waals surface area contributed by atoms with Crippen LogP contribution in [0.2, 0.25) is 0 Å². The van der Waals surface area contributed by atoms with Gasteiger partial charge in [-0.05, 0) is 54.5 Å². The number of carbonyl (C=O) groups excluding carboxylic acids is 1. The van der Waals surface area contributed by atoms with Crippen molar-refractivity contribution in [3.63, 3.8) is 0 Å². The number of aliphatic carboxylic acids is 1. The second-order valence-electron chi connectivity index (χ2n) is 7.30. The van der Waals surface area contributed by atoms with Crippen molar-refractivity contribution in [2.45, 2.75) is 31.7 Å². The molecule has 4 rings (SSSR count). The number of carboxylic acid groups (broad SMARTS) is 1. The molecule has 1 aliphatic carbocycles. The second kappa shape index (κ2) is 7.43. The predicted octanol–water partition coefficient (Wildman–Crippen LogP) is 3.33. The minimum absolute atomic E-state index is 0.184. The van der Waals surface area contributed by atoms with Gasteiger partial charge >= 0.3 is 5.97 Å². The van der Waals surface area contributed by atoms with Crippen LogP contribution in [0, 0.1) is 11.8 Å². The molecule has 0 spiro atoms. The van der Waals surface area contributed by atoms with Crippen LogP contribution in [0.15, 0.2) is 48.5 Å². The summed E-state index contributed by atoms with van der Waals surface area (Å²) in [6.45, 7) is 0.740. The van der Waals surface area contributed by atoms with E-state index in [1.54, 1.807) is 0 Å². The van der Waals surface area contributed by atoms with E-state index in [1.807, 2.05) is 42.5 Å². The molecule has 3 atom stereocenters. The molecule has 1 saturated carbocycles. The van der Waals surface area contributed by atoms with Crippen molar-refractivity contribution in [2.24, 2.45) is 11.8 Å². The monoisotopic (exact) mass is 365 g/mol. The average Bonchev–Trinajstić information content (AvgIpc) is 2.65. The summed E-state index contributed by atoms with van der Waals surface area (Å²) in [6.07, 6.45) is 3.14. The molecule has 0 saturated heterocycles. The molecular formula is C22H23NO4. The molecule has 140 valence electrons. The van der Waals surface area contributed by atoms with Gasteiger partial charge in [0.25, 0.3) is 0 Å². The van der Waals surface area contributed by atoms with Gasteiger partial charge in [0, 0.05) is 0 Å². The third-order valence-corrected chi connectivity index (χ3v) is 5.61. The minimum atomic E-state index is -0.886. The third-order valence-electron chi connectivity index (χ3n) is 5.61. The van der Waals surface area contributed by atoms with Gasteiger partial charge in [-0.25, -0.2) is 0 Å². The Morgan fingerprint density at radius 3 is 2.52 bits per heavy atom. The van der Waals surface area contributed by atoms with Crippen molar-refractivity contribution >= 4 is 11.9 Å².